The number of aromatic nitrogens is 1. The molecule has 42 heavy (non-hydrogen) atoms. The molecule has 0 aliphatic heterocycles. The number of nitrogens with two attached hydrogens (primary N) is 1. The number of carbonyl (C=O) groups excluding carboxylic acids is 2. The number of thioether (sulfide) groups is 1. The molecule has 0 radical (unpaired) electrons. The Morgan fingerprint density at radius 2 is 2.14 bits per heavy atom. The number of carbonyl (C=O) groups is 2. The van der Waals surface area contributed by atoms with Gasteiger partial charge in [0.05, 0.1) is 34.1 Å². The first-order valence-electron chi connectivity index (χ1n) is 15.2. The van der Waals surface area contributed by atoms with Crippen molar-refractivity contribution < 1.29 is 24.2 Å². The molecule has 226 valence electrons. The fourth-order valence-electron chi connectivity index (χ4n) is 8.90. The molecule has 6 rings (SSSR count). The summed E-state index contributed by atoms with van der Waals surface area (Å²) in [5.74, 6) is 0.600. The maximum absolute atomic E-state index is 14.3. The number of allylic oxidation sites excluding steroid dienone is 4. The Bertz CT molecular complexity index is 1440. The standard InChI is InChI=1S/C33H42N2O5S2/c1-5-6-28(39-4)40-26-15-22-21-9-7-18-13-20(36)11-12-32(18,2)29(21)24(37)16-33(22,3)30(26)25(38)17-41-31-35-23-10-8-19(34)14-27(23)42-31/h8,10-14,21-22,24,26,28-30,37H,5-7,9,15-17,34H2,1-4H3/t21?,22?,24-,26+,28-,29?,30?,32?,33?/m0/s1. The lowest BCUT2D eigenvalue weighted by Gasteiger charge is -2.58. The van der Waals surface area contributed by atoms with E-state index >= 15 is 0 Å². The van der Waals surface area contributed by atoms with Crippen LogP contribution in [0.15, 0.2) is 46.3 Å². The Kier molecular flexibility index (Phi) is 8.19. The first kappa shape index (κ1) is 30.0. The molecule has 0 bridgehead atoms. The van der Waals surface area contributed by atoms with Crippen LogP contribution in [-0.2, 0) is 19.1 Å². The van der Waals surface area contributed by atoms with Crippen molar-refractivity contribution in [2.75, 3.05) is 18.6 Å². The molecule has 7 nitrogen and oxygen atoms in total. The van der Waals surface area contributed by atoms with E-state index in [-0.39, 0.29) is 53.0 Å². The summed E-state index contributed by atoms with van der Waals surface area (Å²) in [5.41, 5.74) is 7.94. The second-order valence-electron chi connectivity index (χ2n) is 13.1. The smallest absolute Gasteiger partial charge is 0.178 e. The predicted molar refractivity (Wildman–Crippen MR) is 167 cm³/mol. The number of ketones is 2. The summed E-state index contributed by atoms with van der Waals surface area (Å²) in [6.45, 7) is 6.50. The van der Waals surface area contributed by atoms with Gasteiger partial charge in [-0.05, 0) is 79.7 Å². The number of rotatable bonds is 9. The van der Waals surface area contributed by atoms with E-state index < -0.39 is 11.5 Å². The Balaban J connectivity index is 1.29. The SMILES string of the molecule is CCC[C@@H](OC)O[C@@H]1CC2C3CCC4=CC(=O)C=CC4(C)C3[C@@H](O)CC2(C)C1C(=O)CSc1nc2ccc(N)cc2s1. The Labute approximate surface area is 256 Å². The highest BCUT2D eigenvalue weighted by atomic mass is 32.2. The van der Waals surface area contributed by atoms with Crippen LogP contribution in [0.3, 0.4) is 0 Å². The van der Waals surface area contributed by atoms with E-state index in [1.165, 1.54) is 11.8 Å². The first-order chi connectivity index (χ1) is 20.1. The van der Waals surface area contributed by atoms with Crippen LogP contribution in [-0.4, -0.2) is 53.0 Å². The molecule has 9 atom stereocenters. The molecule has 0 amide bonds. The molecule has 4 aliphatic rings. The number of aliphatic hydroxyl groups is 1. The van der Waals surface area contributed by atoms with Crippen molar-refractivity contribution in [1.29, 1.82) is 0 Å². The lowest BCUT2D eigenvalue weighted by molar-refractivity contribution is -0.175. The van der Waals surface area contributed by atoms with Gasteiger partial charge in [0.15, 0.2) is 16.4 Å². The number of aliphatic hydroxyl groups excluding tert-OH is 1. The van der Waals surface area contributed by atoms with E-state index in [2.05, 4.69) is 20.8 Å². The number of hydrogen-bond acceptors (Lipinski definition) is 9. The Morgan fingerprint density at radius 1 is 1.33 bits per heavy atom. The number of ether oxygens (including phenoxy) is 2. The average molecular weight is 611 g/mol. The number of hydrogen-bond donors (Lipinski definition) is 2. The quantitative estimate of drug-likeness (QED) is 0.196. The summed E-state index contributed by atoms with van der Waals surface area (Å²) in [6.07, 6.45) is 9.00. The fourth-order valence-corrected chi connectivity index (χ4v) is 10.9. The number of nitrogen functional groups attached to an aromatic ring is 1. The molecular formula is C33H42N2O5S2. The highest BCUT2D eigenvalue weighted by Gasteiger charge is 2.65. The lowest BCUT2D eigenvalue weighted by atomic mass is 9.46. The van der Waals surface area contributed by atoms with Gasteiger partial charge in [-0.25, -0.2) is 4.98 Å². The zero-order valence-corrected chi connectivity index (χ0v) is 26.5. The highest BCUT2D eigenvalue weighted by Crippen LogP contribution is 2.66. The molecular weight excluding hydrogens is 569 g/mol. The van der Waals surface area contributed by atoms with Crippen molar-refractivity contribution in [3.8, 4) is 0 Å². The number of thiazole rings is 1. The van der Waals surface area contributed by atoms with E-state index in [0.29, 0.717) is 17.9 Å². The second kappa shape index (κ2) is 11.5. The van der Waals surface area contributed by atoms with Gasteiger partial charge < -0.3 is 20.3 Å². The monoisotopic (exact) mass is 610 g/mol. The topological polar surface area (TPSA) is 112 Å². The maximum atomic E-state index is 14.3. The van der Waals surface area contributed by atoms with Crippen molar-refractivity contribution in [1.82, 2.24) is 4.98 Å². The minimum atomic E-state index is -0.576. The van der Waals surface area contributed by atoms with Crippen LogP contribution in [0.5, 0.6) is 0 Å². The summed E-state index contributed by atoms with van der Waals surface area (Å²) in [6, 6.07) is 5.69. The van der Waals surface area contributed by atoms with Crippen LogP contribution in [0.1, 0.15) is 59.3 Å². The number of benzene rings is 1. The molecule has 9 heteroatoms. The van der Waals surface area contributed by atoms with Gasteiger partial charge >= 0.3 is 0 Å². The number of Topliss-reactive ketones (excluding diaryl/α,β-unsaturated/α-hetero) is 1. The van der Waals surface area contributed by atoms with Gasteiger partial charge in [0.2, 0.25) is 0 Å². The van der Waals surface area contributed by atoms with Crippen molar-refractivity contribution in [3.05, 3.63) is 42.0 Å². The van der Waals surface area contributed by atoms with E-state index in [1.54, 1.807) is 30.6 Å². The second-order valence-corrected chi connectivity index (χ2v) is 15.4. The van der Waals surface area contributed by atoms with Gasteiger partial charge in [0.1, 0.15) is 5.78 Å². The molecule has 3 fully saturated rings. The molecule has 1 aromatic carbocycles. The van der Waals surface area contributed by atoms with Gasteiger partial charge in [-0.2, -0.15) is 0 Å². The van der Waals surface area contributed by atoms with Crippen molar-refractivity contribution >= 4 is 50.6 Å². The van der Waals surface area contributed by atoms with Crippen molar-refractivity contribution in [3.63, 3.8) is 0 Å². The maximum Gasteiger partial charge on any atom is 0.178 e. The van der Waals surface area contributed by atoms with E-state index in [0.717, 1.165) is 52.2 Å². The van der Waals surface area contributed by atoms with Gasteiger partial charge in [-0.15, -0.1) is 11.3 Å². The van der Waals surface area contributed by atoms with Gasteiger partial charge in [0.25, 0.3) is 0 Å². The normalized spacial score (nSPS) is 36.3. The van der Waals surface area contributed by atoms with Crippen LogP contribution in [0.4, 0.5) is 5.69 Å². The molecule has 6 unspecified atom stereocenters. The van der Waals surface area contributed by atoms with Crippen LogP contribution < -0.4 is 5.73 Å². The van der Waals surface area contributed by atoms with Crippen LogP contribution in [0.2, 0.25) is 0 Å². The third-order valence-corrected chi connectivity index (χ3v) is 12.9. The lowest BCUT2D eigenvalue weighted by Crippen LogP contribution is -2.56. The summed E-state index contributed by atoms with van der Waals surface area (Å²) in [5, 5.41) is 11.8. The number of nitrogens with zero attached hydrogens (tertiary/aromatic N) is 1. The summed E-state index contributed by atoms with van der Waals surface area (Å²) in [7, 11) is 1.67. The van der Waals surface area contributed by atoms with Gasteiger partial charge in [-0.3, -0.25) is 9.59 Å². The molecule has 3 saturated carbocycles. The Morgan fingerprint density at radius 3 is 2.90 bits per heavy atom. The fraction of sp³-hybridized carbons (Fsp3) is 0.606. The van der Waals surface area contributed by atoms with E-state index in [4.69, 9.17) is 20.2 Å². The largest absolute Gasteiger partial charge is 0.399 e. The molecule has 0 spiro atoms. The third-order valence-electron chi connectivity index (χ3n) is 10.7. The number of fused-ring (bicyclic) bond motifs is 6. The summed E-state index contributed by atoms with van der Waals surface area (Å²) in [4.78, 5) is 31.2. The molecule has 0 saturated heterocycles. The molecule has 1 aromatic heterocycles. The van der Waals surface area contributed by atoms with Crippen molar-refractivity contribution in [2.45, 2.75) is 82.1 Å². The summed E-state index contributed by atoms with van der Waals surface area (Å²) >= 11 is 3.04. The first-order valence-corrected chi connectivity index (χ1v) is 17.0. The Hall–Kier alpha value is -2.04. The van der Waals surface area contributed by atoms with E-state index in [1.807, 2.05) is 24.3 Å². The molecule has 1 heterocycles. The van der Waals surface area contributed by atoms with Crippen LogP contribution >= 0.6 is 23.1 Å². The molecule has 3 N–H and O–H groups in total. The molecule has 4 aliphatic carbocycles. The minimum Gasteiger partial charge on any atom is -0.399 e. The highest BCUT2D eigenvalue weighted by molar-refractivity contribution is 8.01. The zero-order chi connectivity index (χ0) is 29.8. The van der Waals surface area contributed by atoms with Gasteiger partial charge in [-0.1, -0.05) is 50.6 Å². The molecule has 2 aromatic rings. The minimum absolute atomic E-state index is 0.00727. The predicted octanol–water partition coefficient (Wildman–Crippen LogP) is 6.20. The average Bonchev–Trinajstić information content (AvgIpc) is 3.48. The third kappa shape index (κ3) is 5.09. The van der Waals surface area contributed by atoms with Crippen LogP contribution in [0.25, 0.3) is 10.2 Å². The summed E-state index contributed by atoms with van der Waals surface area (Å²) < 4.78 is 14.2. The van der Waals surface area contributed by atoms with Crippen molar-refractivity contribution in [2.24, 2.45) is 34.5 Å². The van der Waals surface area contributed by atoms with E-state index in [9.17, 15) is 14.7 Å². The van der Waals surface area contributed by atoms with Crippen LogP contribution in [0, 0.1) is 34.5 Å². The van der Waals surface area contributed by atoms with Gasteiger partial charge in [0, 0.05) is 24.1 Å². The number of anilines is 1. The zero-order valence-electron chi connectivity index (χ0n) is 24.9. The number of methoxy groups -OCH3 is 1.